The van der Waals surface area contributed by atoms with Crippen LogP contribution in [-0.4, -0.2) is 5.97 Å². The smallest absolute Gasteiger partial charge is 0.335 e. The third kappa shape index (κ3) is 23.0. The fourth-order valence-electron chi connectivity index (χ4n) is 3.64. The second kappa shape index (κ2) is 24.0. The van der Waals surface area contributed by atoms with Crippen molar-refractivity contribution in [2.45, 2.75) is 135 Å². The molecule has 0 aromatic heterocycles. The first-order valence-electron chi connectivity index (χ1n) is 12.3. The van der Waals surface area contributed by atoms with Crippen LogP contribution in [-0.2, 0) is 9.53 Å². The number of allylic oxidation sites excluding steroid dienone is 1. The maximum absolute atomic E-state index is 11.1. The number of unbranched alkanes of at least 4 members (excludes halogenated alkanes) is 19. The average molecular weight is 393 g/mol. The second-order valence-corrected chi connectivity index (χ2v) is 8.16. The van der Waals surface area contributed by atoms with Gasteiger partial charge in [0.25, 0.3) is 0 Å². The first-order valence-corrected chi connectivity index (χ1v) is 12.3. The highest BCUT2D eigenvalue weighted by molar-refractivity contribution is 5.82. The monoisotopic (exact) mass is 392 g/mol. The van der Waals surface area contributed by atoms with Crippen molar-refractivity contribution < 1.29 is 9.53 Å². The van der Waals surface area contributed by atoms with E-state index in [0.29, 0.717) is 0 Å². The maximum atomic E-state index is 11.1. The Morgan fingerprint density at radius 3 is 1.36 bits per heavy atom. The Balaban J connectivity index is 3.08. The Kier molecular flexibility index (Phi) is 23.1. The van der Waals surface area contributed by atoms with Gasteiger partial charge in [-0.1, -0.05) is 135 Å². The van der Waals surface area contributed by atoms with Crippen molar-refractivity contribution in [3.8, 4) is 0 Å². The van der Waals surface area contributed by atoms with Crippen LogP contribution in [0.3, 0.4) is 0 Å². The van der Waals surface area contributed by atoms with Crippen molar-refractivity contribution in [3.63, 3.8) is 0 Å². The maximum Gasteiger partial charge on any atom is 0.335 e. The van der Waals surface area contributed by atoms with E-state index >= 15 is 0 Å². The van der Waals surface area contributed by atoms with Crippen LogP contribution in [0.5, 0.6) is 0 Å². The highest BCUT2D eigenvalue weighted by Crippen LogP contribution is 2.14. The summed E-state index contributed by atoms with van der Waals surface area (Å²) in [6, 6.07) is 0. The quantitative estimate of drug-likeness (QED) is 0.0794. The molecule has 0 rings (SSSR count). The minimum absolute atomic E-state index is 0.326. The van der Waals surface area contributed by atoms with Gasteiger partial charge in [0, 0.05) is 6.08 Å². The number of hydrogen-bond donors (Lipinski definition) is 0. The number of hydrogen-bond acceptors (Lipinski definition) is 2. The first-order chi connectivity index (χ1) is 13.8. The van der Waals surface area contributed by atoms with Gasteiger partial charge in [-0.05, 0) is 12.8 Å². The molecule has 0 aliphatic heterocycles. The van der Waals surface area contributed by atoms with Crippen molar-refractivity contribution in [1.29, 1.82) is 0 Å². The van der Waals surface area contributed by atoms with Crippen LogP contribution in [0.25, 0.3) is 0 Å². The van der Waals surface area contributed by atoms with E-state index in [1.54, 1.807) is 0 Å². The molecule has 0 heterocycles. The summed E-state index contributed by atoms with van der Waals surface area (Å²) >= 11 is 0. The third-order valence-electron chi connectivity index (χ3n) is 5.43. The van der Waals surface area contributed by atoms with Gasteiger partial charge in [-0.25, -0.2) is 4.79 Å². The van der Waals surface area contributed by atoms with Gasteiger partial charge in [-0.2, -0.15) is 0 Å². The van der Waals surface area contributed by atoms with Crippen LogP contribution in [0.1, 0.15) is 135 Å². The Morgan fingerprint density at radius 2 is 1.00 bits per heavy atom. The van der Waals surface area contributed by atoms with Gasteiger partial charge in [0.15, 0.2) is 0 Å². The van der Waals surface area contributed by atoms with Crippen LogP contribution in [0.15, 0.2) is 25.0 Å². The molecule has 164 valence electrons. The molecule has 2 nitrogen and oxygen atoms in total. The van der Waals surface area contributed by atoms with Gasteiger partial charge >= 0.3 is 5.97 Å². The molecule has 0 aromatic carbocycles. The van der Waals surface area contributed by atoms with Gasteiger partial charge < -0.3 is 4.74 Å². The minimum atomic E-state index is -0.326. The summed E-state index contributed by atoms with van der Waals surface area (Å²) in [7, 11) is 0. The Labute approximate surface area is 176 Å². The van der Waals surface area contributed by atoms with E-state index in [1.807, 2.05) is 6.08 Å². The molecular formula is C26H48O2. The Morgan fingerprint density at radius 1 is 0.643 bits per heavy atom. The van der Waals surface area contributed by atoms with Crippen molar-refractivity contribution in [2.24, 2.45) is 0 Å². The zero-order valence-electron chi connectivity index (χ0n) is 18.9. The molecule has 0 saturated heterocycles. The number of rotatable bonds is 22. The highest BCUT2D eigenvalue weighted by Gasteiger charge is 1.95. The zero-order chi connectivity index (χ0) is 20.5. The molecule has 0 radical (unpaired) electrons. The molecule has 0 N–H and O–H groups in total. The van der Waals surface area contributed by atoms with Gasteiger partial charge in [0.1, 0.15) is 0 Å². The Bertz CT molecular complexity index is 359. The van der Waals surface area contributed by atoms with E-state index in [-0.39, 0.29) is 5.97 Å². The molecular weight excluding hydrogens is 344 g/mol. The summed E-state index contributed by atoms with van der Waals surface area (Å²) in [5, 5.41) is 0. The van der Waals surface area contributed by atoms with Gasteiger partial charge in [-0.15, -0.1) is 0 Å². The molecule has 0 bridgehead atoms. The SMILES string of the molecule is C=COC(=O)C=CCCCCCCCCCCCCCCCCCCCCC. The van der Waals surface area contributed by atoms with Crippen LogP contribution >= 0.6 is 0 Å². The van der Waals surface area contributed by atoms with Crippen LogP contribution in [0, 0.1) is 0 Å². The van der Waals surface area contributed by atoms with Crippen LogP contribution < -0.4 is 0 Å². The second-order valence-electron chi connectivity index (χ2n) is 8.16. The molecule has 0 spiro atoms. The molecule has 0 aromatic rings. The van der Waals surface area contributed by atoms with Crippen molar-refractivity contribution in [2.75, 3.05) is 0 Å². The van der Waals surface area contributed by atoms with Crippen molar-refractivity contribution >= 4 is 5.97 Å². The van der Waals surface area contributed by atoms with E-state index in [0.717, 1.165) is 12.8 Å². The van der Waals surface area contributed by atoms with E-state index < -0.39 is 0 Å². The predicted octanol–water partition coefficient (Wildman–Crippen LogP) is 9.05. The van der Waals surface area contributed by atoms with Crippen molar-refractivity contribution in [3.05, 3.63) is 25.0 Å². The van der Waals surface area contributed by atoms with Gasteiger partial charge in [0.2, 0.25) is 0 Å². The molecule has 0 fully saturated rings. The summed E-state index contributed by atoms with van der Waals surface area (Å²) in [5.74, 6) is -0.326. The van der Waals surface area contributed by atoms with Crippen LogP contribution in [0.4, 0.5) is 0 Å². The fraction of sp³-hybridized carbons (Fsp3) is 0.808. The highest BCUT2D eigenvalue weighted by atomic mass is 16.5. The lowest BCUT2D eigenvalue weighted by Gasteiger charge is -2.03. The molecule has 0 aliphatic carbocycles. The molecule has 2 heteroatoms. The van der Waals surface area contributed by atoms with Gasteiger partial charge in [-0.3, -0.25) is 0 Å². The predicted molar refractivity (Wildman–Crippen MR) is 123 cm³/mol. The first kappa shape index (κ1) is 27.0. The number of ether oxygens (including phenoxy) is 1. The van der Waals surface area contributed by atoms with E-state index in [9.17, 15) is 4.79 Å². The van der Waals surface area contributed by atoms with Gasteiger partial charge in [0.05, 0.1) is 6.26 Å². The zero-order valence-corrected chi connectivity index (χ0v) is 18.9. The molecule has 0 atom stereocenters. The van der Waals surface area contributed by atoms with Crippen LogP contribution in [0.2, 0.25) is 0 Å². The normalized spacial score (nSPS) is 11.2. The topological polar surface area (TPSA) is 26.3 Å². The Hall–Kier alpha value is -1.05. The summed E-state index contributed by atoms with van der Waals surface area (Å²) in [6.45, 7) is 5.65. The lowest BCUT2D eigenvalue weighted by atomic mass is 10.0. The number of esters is 1. The van der Waals surface area contributed by atoms with Crippen molar-refractivity contribution in [1.82, 2.24) is 0 Å². The summed E-state index contributed by atoms with van der Waals surface area (Å²) in [6.07, 6.45) is 32.2. The summed E-state index contributed by atoms with van der Waals surface area (Å²) in [5.41, 5.74) is 0. The summed E-state index contributed by atoms with van der Waals surface area (Å²) in [4.78, 5) is 11.1. The molecule has 0 unspecified atom stereocenters. The summed E-state index contributed by atoms with van der Waals surface area (Å²) < 4.78 is 4.62. The molecule has 0 aliphatic rings. The van der Waals surface area contributed by atoms with E-state index in [2.05, 4.69) is 18.2 Å². The fourth-order valence-corrected chi connectivity index (χ4v) is 3.64. The molecule has 0 amide bonds. The molecule has 0 saturated carbocycles. The lowest BCUT2D eigenvalue weighted by molar-refractivity contribution is -0.132. The minimum Gasteiger partial charge on any atom is -0.432 e. The molecule has 28 heavy (non-hydrogen) atoms. The largest absolute Gasteiger partial charge is 0.432 e. The average Bonchev–Trinajstić information content (AvgIpc) is 2.69. The number of carbonyl (C=O) groups excluding carboxylic acids is 1. The third-order valence-corrected chi connectivity index (χ3v) is 5.43. The lowest BCUT2D eigenvalue weighted by Crippen LogP contribution is -1.92. The standard InChI is InChI=1S/C26H48O2/c1-3-5-6-7-8-9-10-11-12-13-14-15-16-17-18-19-20-21-22-23-24-25-26(27)28-4-2/h4,24-25H,2-3,5-23H2,1H3. The number of carbonyl (C=O) groups is 1. The van der Waals surface area contributed by atoms with E-state index in [1.165, 1.54) is 128 Å². The van der Waals surface area contributed by atoms with E-state index in [4.69, 9.17) is 0 Å².